The van der Waals surface area contributed by atoms with Gasteiger partial charge in [-0.3, -0.25) is 0 Å². The molecule has 1 heterocycles. The quantitative estimate of drug-likeness (QED) is 0.902. The molecule has 0 bridgehead atoms. The predicted molar refractivity (Wildman–Crippen MR) is 88.5 cm³/mol. The minimum absolute atomic E-state index is 0.457. The molecule has 1 aromatic carbocycles. The molecular formula is C16H19ClN2OS. The van der Waals surface area contributed by atoms with Gasteiger partial charge in [0.2, 0.25) is 0 Å². The molecule has 0 saturated heterocycles. The van der Waals surface area contributed by atoms with Crippen LogP contribution in [-0.4, -0.2) is 18.6 Å². The summed E-state index contributed by atoms with van der Waals surface area (Å²) >= 11 is 8.01. The highest BCUT2D eigenvalue weighted by molar-refractivity contribution is 7.15. The Morgan fingerprint density at radius 1 is 1.48 bits per heavy atom. The Hall–Kier alpha value is -1.10. The minimum atomic E-state index is 0.457. The molecule has 112 valence electrons. The lowest BCUT2D eigenvalue weighted by Crippen LogP contribution is -2.23. The van der Waals surface area contributed by atoms with Gasteiger partial charge in [0.25, 0.3) is 0 Å². The van der Waals surface area contributed by atoms with Gasteiger partial charge < -0.3 is 10.1 Å². The molecule has 0 fully saturated rings. The number of nitrogens with zero attached hydrogens (tertiary/aromatic N) is 1. The van der Waals surface area contributed by atoms with E-state index in [2.05, 4.69) is 12.2 Å². The largest absolute Gasteiger partial charge is 0.495 e. The van der Waals surface area contributed by atoms with E-state index in [0.29, 0.717) is 16.8 Å². The summed E-state index contributed by atoms with van der Waals surface area (Å²) < 4.78 is 5.21. The van der Waals surface area contributed by atoms with Crippen molar-refractivity contribution in [2.45, 2.75) is 32.2 Å². The van der Waals surface area contributed by atoms with Gasteiger partial charge in [0.15, 0.2) is 0 Å². The highest BCUT2D eigenvalue weighted by atomic mass is 35.5. The number of hydrogen-bond donors (Lipinski definition) is 1. The van der Waals surface area contributed by atoms with Gasteiger partial charge in [-0.15, -0.1) is 11.3 Å². The number of aromatic nitrogens is 1. The van der Waals surface area contributed by atoms with Gasteiger partial charge in [-0.2, -0.15) is 0 Å². The molecule has 1 N–H and O–H groups in total. The first-order valence-corrected chi connectivity index (χ1v) is 8.49. The van der Waals surface area contributed by atoms with Crippen LogP contribution in [0.4, 0.5) is 0 Å². The maximum atomic E-state index is 6.22. The minimum Gasteiger partial charge on any atom is -0.495 e. The number of fused-ring (bicyclic) bond motifs is 1. The molecule has 0 saturated carbocycles. The Morgan fingerprint density at radius 3 is 3.05 bits per heavy atom. The van der Waals surface area contributed by atoms with Crippen molar-refractivity contribution < 1.29 is 4.74 Å². The number of rotatable bonds is 4. The fraction of sp³-hybridized carbons (Fsp3) is 0.438. The second-order valence-electron chi connectivity index (χ2n) is 5.18. The SMILES string of the molecule is CCNC1CCCc2nc(-c3ccc(OC)c(Cl)c3)sc21. The van der Waals surface area contributed by atoms with Gasteiger partial charge in [-0.25, -0.2) is 4.98 Å². The summed E-state index contributed by atoms with van der Waals surface area (Å²) in [5.41, 5.74) is 2.31. The van der Waals surface area contributed by atoms with Crippen LogP contribution in [0.3, 0.4) is 0 Å². The lowest BCUT2D eigenvalue weighted by atomic mass is 9.98. The standard InChI is InChI=1S/C16H19ClN2OS/c1-3-18-12-5-4-6-13-15(12)21-16(19-13)10-7-8-14(20-2)11(17)9-10/h7-9,12,18H,3-6H2,1-2H3. The van der Waals surface area contributed by atoms with Crippen molar-refractivity contribution in [2.24, 2.45) is 0 Å². The van der Waals surface area contributed by atoms with Crippen molar-refractivity contribution in [3.63, 3.8) is 0 Å². The van der Waals surface area contributed by atoms with E-state index in [1.54, 1.807) is 18.4 Å². The van der Waals surface area contributed by atoms with E-state index >= 15 is 0 Å². The smallest absolute Gasteiger partial charge is 0.137 e. The third-order valence-corrected chi connectivity index (χ3v) is 5.36. The Balaban J connectivity index is 1.95. The molecule has 0 spiro atoms. The second kappa shape index (κ2) is 6.34. The third-order valence-electron chi connectivity index (χ3n) is 3.80. The molecule has 3 rings (SSSR count). The number of hydrogen-bond acceptors (Lipinski definition) is 4. The van der Waals surface area contributed by atoms with Crippen LogP contribution in [0, 0.1) is 0 Å². The Labute approximate surface area is 134 Å². The third kappa shape index (κ3) is 2.93. The molecule has 0 aliphatic heterocycles. The number of thiazole rings is 1. The van der Waals surface area contributed by atoms with Crippen molar-refractivity contribution in [3.8, 4) is 16.3 Å². The second-order valence-corrected chi connectivity index (χ2v) is 6.62. The number of aryl methyl sites for hydroxylation is 1. The van der Waals surface area contributed by atoms with Crippen LogP contribution < -0.4 is 10.1 Å². The van der Waals surface area contributed by atoms with E-state index in [4.69, 9.17) is 21.3 Å². The fourth-order valence-electron chi connectivity index (χ4n) is 2.78. The van der Waals surface area contributed by atoms with Crippen molar-refractivity contribution in [1.82, 2.24) is 10.3 Å². The van der Waals surface area contributed by atoms with Crippen LogP contribution in [0.25, 0.3) is 10.6 Å². The molecule has 1 unspecified atom stereocenters. The van der Waals surface area contributed by atoms with E-state index in [9.17, 15) is 0 Å². The number of nitrogens with one attached hydrogen (secondary N) is 1. The van der Waals surface area contributed by atoms with E-state index < -0.39 is 0 Å². The average molecular weight is 323 g/mol. The number of halogens is 1. The fourth-order valence-corrected chi connectivity index (χ4v) is 4.26. The van der Waals surface area contributed by atoms with Crippen molar-refractivity contribution in [2.75, 3.05) is 13.7 Å². The summed E-state index contributed by atoms with van der Waals surface area (Å²) in [4.78, 5) is 6.22. The lowest BCUT2D eigenvalue weighted by molar-refractivity contribution is 0.415. The van der Waals surface area contributed by atoms with Gasteiger partial charge in [0.1, 0.15) is 10.8 Å². The molecule has 0 radical (unpaired) electrons. The highest BCUT2D eigenvalue weighted by Gasteiger charge is 2.24. The first kappa shape index (κ1) is 14.8. The Kier molecular flexibility index (Phi) is 4.48. The summed E-state index contributed by atoms with van der Waals surface area (Å²) in [6.07, 6.45) is 3.49. The first-order valence-electron chi connectivity index (χ1n) is 7.29. The van der Waals surface area contributed by atoms with E-state index in [-0.39, 0.29) is 0 Å². The molecule has 1 aromatic heterocycles. The van der Waals surface area contributed by atoms with Crippen LogP contribution in [0.2, 0.25) is 5.02 Å². The monoisotopic (exact) mass is 322 g/mol. The van der Waals surface area contributed by atoms with Gasteiger partial charge in [0.05, 0.1) is 17.8 Å². The lowest BCUT2D eigenvalue weighted by Gasteiger charge is -2.21. The predicted octanol–water partition coefficient (Wildman–Crippen LogP) is 4.46. The van der Waals surface area contributed by atoms with Crippen LogP contribution >= 0.6 is 22.9 Å². The topological polar surface area (TPSA) is 34.2 Å². The zero-order valence-corrected chi connectivity index (χ0v) is 13.9. The van der Waals surface area contributed by atoms with E-state index in [1.165, 1.54) is 23.4 Å². The molecule has 0 amide bonds. The van der Waals surface area contributed by atoms with E-state index in [1.807, 2.05) is 18.2 Å². The van der Waals surface area contributed by atoms with Crippen molar-refractivity contribution >= 4 is 22.9 Å². The molecule has 3 nitrogen and oxygen atoms in total. The summed E-state index contributed by atoms with van der Waals surface area (Å²) in [5.74, 6) is 0.701. The molecule has 5 heteroatoms. The Bertz CT molecular complexity index is 641. The van der Waals surface area contributed by atoms with Gasteiger partial charge in [-0.1, -0.05) is 18.5 Å². The van der Waals surface area contributed by atoms with Gasteiger partial charge in [-0.05, 0) is 44.0 Å². The van der Waals surface area contributed by atoms with Crippen LogP contribution in [0.5, 0.6) is 5.75 Å². The van der Waals surface area contributed by atoms with Gasteiger partial charge >= 0.3 is 0 Å². The molecule has 1 aliphatic carbocycles. The molecule has 2 aromatic rings. The van der Waals surface area contributed by atoms with Crippen molar-refractivity contribution in [3.05, 3.63) is 33.8 Å². The van der Waals surface area contributed by atoms with Crippen molar-refractivity contribution in [1.29, 1.82) is 0 Å². The maximum absolute atomic E-state index is 6.22. The van der Waals surface area contributed by atoms with E-state index in [0.717, 1.165) is 23.5 Å². The first-order chi connectivity index (χ1) is 10.2. The average Bonchev–Trinajstić information content (AvgIpc) is 2.92. The van der Waals surface area contributed by atoms with Crippen LogP contribution in [-0.2, 0) is 6.42 Å². The maximum Gasteiger partial charge on any atom is 0.137 e. The zero-order valence-electron chi connectivity index (χ0n) is 12.3. The summed E-state index contributed by atoms with van der Waals surface area (Å²) in [6.45, 7) is 3.14. The summed E-state index contributed by atoms with van der Waals surface area (Å²) in [6, 6.07) is 6.32. The Morgan fingerprint density at radius 2 is 2.33 bits per heavy atom. The number of ether oxygens (including phenoxy) is 1. The molecule has 1 aliphatic rings. The number of methoxy groups -OCH3 is 1. The van der Waals surface area contributed by atoms with Crippen LogP contribution in [0.1, 0.15) is 36.4 Å². The molecular weight excluding hydrogens is 304 g/mol. The molecule has 1 atom stereocenters. The normalized spacial score (nSPS) is 17.6. The zero-order chi connectivity index (χ0) is 14.8. The number of benzene rings is 1. The summed E-state index contributed by atoms with van der Waals surface area (Å²) in [5, 5.41) is 5.24. The summed E-state index contributed by atoms with van der Waals surface area (Å²) in [7, 11) is 1.63. The van der Waals surface area contributed by atoms with Crippen LogP contribution in [0.15, 0.2) is 18.2 Å². The van der Waals surface area contributed by atoms with Gasteiger partial charge in [0, 0.05) is 16.5 Å². The highest BCUT2D eigenvalue weighted by Crippen LogP contribution is 2.39. The molecule has 21 heavy (non-hydrogen) atoms.